The first-order chi connectivity index (χ1) is 6.11. The summed E-state index contributed by atoms with van der Waals surface area (Å²) in [6.45, 7) is 0.465. The number of aromatic nitrogens is 2. The third-order valence-electron chi connectivity index (χ3n) is 1.58. The molecule has 0 saturated heterocycles. The highest BCUT2D eigenvalue weighted by atomic mass is 32.2. The van der Waals surface area contributed by atoms with Gasteiger partial charge in [-0.2, -0.15) is 5.10 Å². The molecule has 13 heavy (non-hydrogen) atoms. The number of sulfonamides is 1. The number of nitrogens with zero attached hydrogens (tertiary/aromatic N) is 1. The molecule has 0 spiro atoms. The second kappa shape index (κ2) is 3.86. The zero-order valence-corrected chi connectivity index (χ0v) is 8.27. The molecule has 0 aromatic carbocycles. The molecule has 7 heteroatoms. The van der Waals surface area contributed by atoms with Crippen LogP contribution in [0.4, 0.5) is 0 Å². The minimum Gasteiger partial charge on any atom is -0.316 e. The summed E-state index contributed by atoms with van der Waals surface area (Å²) < 4.78 is 24.9. The molecular weight excluding hydrogens is 192 g/mol. The van der Waals surface area contributed by atoms with Crippen LogP contribution in [0.3, 0.4) is 0 Å². The first-order valence-electron chi connectivity index (χ1n) is 3.72. The first-order valence-corrected chi connectivity index (χ1v) is 5.20. The van der Waals surface area contributed by atoms with Crippen molar-refractivity contribution in [1.82, 2.24) is 20.2 Å². The van der Waals surface area contributed by atoms with Gasteiger partial charge in [-0.15, -0.1) is 0 Å². The van der Waals surface area contributed by atoms with Crippen LogP contribution in [0.15, 0.2) is 11.2 Å². The summed E-state index contributed by atoms with van der Waals surface area (Å²) >= 11 is 0. The monoisotopic (exact) mass is 204 g/mol. The van der Waals surface area contributed by atoms with Crippen molar-refractivity contribution < 1.29 is 8.42 Å². The van der Waals surface area contributed by atoms with Crippen molar-refractivity contribution in [3.05, 3.63) is 11.8 Å². The maximum absolute atomic E-state index is 11.3. The second-order valence-corrected chi connectivity index (χ2v) is 4.29. The van der Waals surface area contributed by atoms with Crippen LogP contribution in [0.2, 0.25) is 0 Å². The summed E-state index contributed by atoms with van der Waals surface area (Å²) in [5, 5.41) is 9.08. The lowest BCUT2D eigenvalue weighted by molar-refractivity contribution is 0.582. The molecule has 1 aromatic heterocycles. The number of H-pyrrole nitrogens is 1. The Labute approximate surface area is 76.8 Å². The first kappa shape index (κ1) is 10.2. The minimum atomic E-state index is -3.42. The zero-order valence-electron chi connectivity index (χ0n) is 7.46. The van der Waals surface area contributed by atoms with Crippen LogP contribution in [-0.2, 0) is 16.6 Å². The molecule has 0 amide bonds. The fourth-order valence-corrected chi connectivity index (χ4v) is 1.80. The third kappa shape index (κ3) is 2.06. The summed E-state index contributed by atoms with van der Waals surface area (Å²) in [5.41, 5.74) is 0.622. The molecule has 0 fully saturated rings. The van der Waals surface area contributed by atoms with Gasteiger partial charge in [-0.05, 0) is 14.1 Å². The lowest BCUT2D eigenvalue weighted by atomic mass is 10.4. The summed E-state index contributed by atoms with van der Waals surface area (Å²) in [6, 6.07) is 0. The predicted octanol–water partition coefficient (Wildman–Crippen LogP) is -0.963. The van der Waals surface area contributed by atoms with Gasteiger partial charge in [0.1, 0.15) is 0 Å². The van der Waals surface area contributed by atoms with E-state index in [1.807, 2.05) is 0 Å². The summed E-state index contributed by atoms with van der Waals surface area (Å²) in [4.78, 5) is 0. The Kier molecular flexibility index (Phi) is 3.02. The van der Waals surface area contributed by atoms with Gasteiger partial charge >= 0.3 is 0 Å². The average Bonchev–Trinajstić information content (AvgIpc) is 2.54. The Morgan fingerprint density at radius 3 is 2.77 bits per heavy atom. The van der Waals surface area contributed by atoms with Crippen molar-refractivity contribution in [2.45, 2.75) is 11.6 Å². The molecule has 0 unspecified atom stereocenters. The topological polar surface area (TPSA) is 86.9 Å². The molecule has 1 heterocycles. The smallest absolute Gasteiger partial charge is 0.257 e. The number of hydrogen-bond acceptors (Lipinski definition) is 4. The molecule has 0 saturated carbocycles. The Balaban J connectivity index is 3.07. The van der Waals surface area contributed by atoms with Gasteiger partial charge in [0.2, 0.25) is 0 Å². The Morgan fingerprint density at radius 2 is 2.23 bits per heavy atom. The van der Waals surface area contributed by atoms with Crippen LogP contribution in [0, 0.1) is 0 Å². The Morgan fingerprint density at radius 1 is 1.54 bits per heavy atom. The van der Waals surface area contributed by atoms with Crippen molar-refractivity contribution in [2.24, 2.45) is 0 Å². The molecule has 0 atom stereocenters. The van der Waals surface area contributed by atoms with Crippen LogP contribution in [-0.4, -0.2) is 32.7 Å². The Bertz CT molecular complexity index is 370. The van der Waals surface area contributed by atoms with Gasteiger partial charge in [-0.1, -0.05) is 0 Å². The molecule has 0 radical (unpaired) electrons. The lowest BCUT2D eigenvalue weighted by Gasteiger charge is -2.01. The predicted molar refractivity (Wildman–Crippen MR) is 47.6 cm³/mol. The van der Waals surface area contributed by atoms with E-state index in [1.165, 1.54) is 13.2 Å². The normalized spacial score (nSPS) is 11.8. The van der Waals surface area contributed by atoms with E-state index < -0.39 is 10.0 Å². The van der Waals surface area contributed by atoms with E-state index in [-0.39, 0.29) is 5.03 Å². The molecule has 0 aliphatic heterocycles. The molecular formula is C6H12N4O2S. The third-order valence-corrected chi connectivity index (χ3v) is 3.01. The van der Waals surface area contributed by atoms with Crippen LogP contribution in [0.5, 0.6) is 0 Å². The standard InChI is InChI=1S/C6H12N4O2S/c1-7-3-5-4-9-10-6(5)13(11,12)8-2/h4,7-8H,3H2,1-2H3,(H,9,10). The van der Waals surface area contributed by atoms with E-state index in [1.54, 1.807) is 7.05 Å². The van der Waals surface area contributed by atoms with E-state index in [0.717, 1.165) is 0 Å². The highest BCUT2D eigenvalue weighted by Crippen LogP contribution is 2.10. The van der Waals surface area contributed by atoms with Gasteiger partial charge in [0.05, 0.1) is 6.20 Å². The quantitative estimate of drug-likeness (QED) is 0.589. The summed E-state index contributed by atoms with van der Waals surface area (Å²) in [7, 11) is -0.316. The molecule has 0 bridgehead atoms. The van der Waals surface area contributed by atoms with Crippen molar-refractivity contribution in [1.29, 1.82) is 0 Å². The van der Waals surface area contributed by atoms with Crippen LogP contribution in [0.1, 0.15) is 5.56 Å². The van der Waals surface area contributed by atoms with E-state index in [2.05, 4.69) is 20.2 Å². The number of nitrogens with one attached hydrogen (secondary N) is 3. The fraction of sp³-hybridized carbons (Fsp3) is 0.500. The SMILES string of the molecule is CNCc1cn[nH]c1S(=O)(=O)NC. The molecule has 6 nitrogen and oxygen atoms in total. The largest absolute Gasteiger partial charge is 0.316 e. The molecule has 0 aliphatic carbocycles. The number of rotatable bonds is 4. The van der Waals surface area contributed by atoms with Crippen molar-refractivity contribution >= 4 is 10.0 Å². The van der Waals surface area contributed by atoms with Crippen LogP contribution in [0.25, 0.3) is 0 Å². The number of hydrogen-bond donors (Lipinski definition) is 3. The zero-order chi connectivity index (χ0) is 9.90. The lowest BCUT2D eigenvalue weighted by Crippen LogP contribution is -2.21. The van der Waals surface area contributed by atoms with Gasteiger partial charge in [0.15, 0.2) is 5.03 Å². The van der Waals surface area contributed by atoms with E-state index in [0.29, 0.717) is 12.1 Å². The molecule has 1 aromatic rings. The Hall–Kier alpha value is -0.920. The van der Waals surface area contributed by atoms with Crippen LogP contribution >= 0.6 is 0 Å². The molecule has 3 N–H and O–H groups in total. The van der Waals surface area contributed by atoms with E-state index >= 15 is 0 Å². The van der Waals surface area contributed by atoms with Crippen molar-refractivity contribution in [3.8, 4) is 0 Å². The van der Waals surface area contributed by atoms with Crippen LogP contribution < -0.4 is 10.0 Å². The summed E-state index contributed by atoms with van der Waals surface area (Å²) in [5.74, 6) is 0. The number of aromatic amines is 1. The molecule has 1 rings (SSSR count). The van der Waals surface area contributed by atoms with Gasteiger partial charge in [-0.3, -0.25) is 5.10 Å². The van der Waals surface area contributed by atoms with Crippen molar-refractivity contribution in [2.75, 3.05) is 14.1 Å². The van der Waals surface area contributed by atoms with E-state index in [9.17, 15) is 8.42 Å². The highest BCUT2D eigenvalue weighted by molar-refractivity contribution is 7.89. The maximum Gasteiger partial charge on any atom is 0.257 e. The van der Waals surface area contributed by atoms with Crippen molar-refractivity contribution in [3.63, 3.8) is 0 Å². The molecule has 0 aliphatic rings. The highest BCUT2D eigenvalue weighted by Gasteiger charge is 2.17. The molecule has 74 valence electrons. The minimum absolute atomic E-state index is 0.115. The van der Waals surface area contributed by atoms with Gasteiger partial charge in [0.25, 0.3) is 10.0 Å². The fourth-order valence-electron chi connectivity index (χ4n) is 0.950. The average molecular weight is 204 g/mol. The van der Waals surface area contributed by atoms with Gasteiger partial charge < -0.3 is 5.32 Å². The maximum atomic E-state index is 11.3. The summed E-state index contributed by atoms with van der Waals surface area (Å²) in [6.07, 6.45) is 1.49. The van der Waals surface area contributed by atoms with Gasteiger partial charge in [-0.25, -0.2) is 13.1 Å². The second-order valence-electron chi connectivity index (χ2n) is 2.46. The van der Waals surface area contributed by atoms with E-state index in [4.69, 9.17) is 0 Å². The van der Waals surface area contributed by atoms with Gasteiger partial charge in [0, 0.05) is 12.1 Å².